The lowest BCUT2D eigenvalue weighted by atomic mass is 9.98. The Morgan fingerprint density at radius 1 is 1.06 bits per heavy atom. The van der Waals surface area contributed by atoms with E-state index in [1.807, 2.05) is 43.7 Å². The summed E-state index contributed by atoms with van der Waals surface area (Å²) in [6, 6.07) is 11.3. The molecule has 3 aromatic rings. The number of amides is 1. The van der Waals surface area contributed by atoms with Crippen molar-refractivity contribution in [1.82, 2.24) is 20.3 Å². The molecule has 0 fully saturated rings. The van der Waals surface area contributed by atoms with Gasteiger partial charge in [0.2, 0.25) is 0 Å². The van der Waals surface area contributed by atoms with Crippen molar-refractivity contribution in [2.75, 3.05) is 50.4 Å². The Kier molecular flexibility index (Phi) is 11.1. The Hall–Kier alpha value is -3.33. The maximum absolute atomic E-state index is 11.9. The molecule has 1 aromatic carbocycles. The number of aromatic nitrogens is 3. The van der Waals surface area contributed by atoms with Crippen molar-refractivity contribution < 1.29 is 9.53 Å². The molecule has 3 N–H and O–H groups in total. The van der Waals surface area contributed by atoms with E-state index in [0.29, 0.717) is 17.9 Å². The molecule has 3 rings (SSSR count). The molecule has 1 amide bonds. The second-order valence-electron chi connectivity index (χ2n) is 7.48. The van der Waals surface area contributed by atoms with Crippen molar-refractivity contribution >= 4 is 29.3 Å². The Morgan fingerprint density at radius 3 is 2.44 bits per heavy atom. The Morgan fingerprint density at radius 2 is 1.82 bits per heavy atom. The molecule has 0 bridgehead atoms. The monoisotopic (exact) mass is 482 g/mol. The number of hydrogen-bond acceptors (Lipinski definition) is 8. The molecular formula is C25H34N6O2S. The van der Waals surface area contributed by atoms with Gasteiger partial charge in [0.05, 0.1) is 12.8 Å². The molecule has 182 valence electrons. The van der Waals surface area contributed by atoms with Crippen LogP contribution in [-0.2, 0) is 0 Å². The van der Waals surface area contributed by atoms with Crippen molar-refractivity contribution in [2.45, 2.75) is 19.8 Å². The van der Waals surface area contributed by atoms with Crippen LogP contribution in [0.5, 0.6) is 5.75 Å². The van der Waals surface area contributed by atoms with E-state index in [2.05, 4.69) is 37.8 Å². The van der Waals surface area contributed by atoms with Gasteiger partial charge in [0.25, 0.3) is 5.91 Å². The number of nitrogens with one attached hydrogen (secondary N) is 3. The van der Waals surface area contributed by atoms with Crippen LogP contribution in [0.1, 0.15) is 35.7 Å². The number of anilines is 2. The van der Waals surface area contributed by atoms with Gasteiger partial charge in [0.15, 0.2) is 0 Å². The Bertz CT molecular complexity index is 1050. The summed E-state index contributed by atoms with van der Waals surface area (Å²) in [6.07, 6.45) is 7.42. The second-order valence-corrected chi connectivity index (χ2v) is 8.29. The topological polar surface area (TPSA) is 101 Å². The Labute approximate surface area is 206 Å². The highest BCUT2D eigenvalue weighted by Crippen LogP contribution is 2.28. The van der Waals surface area contributed by atoms with E-state index < -0.39 is 0 Å². The molecule has 8 nitrogen and oxygen atoms in total. The van der Waals surface area contributed by atoms with Crippen LogP contribution in [0.15, 0.2) is 48.9 Å². The molecule has 2 aromatic heterocycles. The molecule has 0 radical (unpaired) electrons. The van der Waals surface area contributed by atoms with Gasteiger partial charge in [-0.2, -0.15) is 11.8 Å². The molecule has 0 unspecified atom stereocenters. The fourth-order valence-electron chi connectivity index (χ4n) is 3.21. The molecule has 0 saturated carbocycles. The number of carbonyl (C=O) groups is 1. The summed E-state index contributed by atoms with van der Waals surface area (Å²) in [4.78, 5) is 25.0. The van der Waals surface area contributed by atoms with Crippen molar-refractivity contribution in [3.05, 3.63) is 60.0 Å². The standard InChI is InChI=1S/C23H28N6O2.C2H6S/c1-5-25-21-9-7-17(13-27-21)19-11-22(29-14-28-19)26-12-15(2)18-8-6-16(23(30)24-3)10-20(18)31-4;1-3-2/h6-11,13-15H,5,12H2,1-4H3,(H,24,30)(H,25,27)(H,26,28,29);1-2H3/t15-;/m1./s1. The molecular weight excluding hydrogens is 448 g/mol. The maximum Gasteiger partial charge on any atom is 0.251 e. The molecule has 0 aliphatic heterocycles. The SMILES string of the molecule is CCNc1ccc(-c2cc(NC[C@@H](C)c3ccc(C(=O)NC)cc3OC)ncn2)cn1.CSC. The zero-order chi connectivity index (χ0) is 24.9. The molecule has 9 heteroatoms. The largest absolute Gasteiger partial charge is 0.496 e. The first-order valence-corrected chi connectivity index (χ1v) is 12.7. The molecule has 0 spiro atoms. The van der Waals surface area contributed by atoms with E-state index in [4.69, 9.17) is 4.74 Å². The second kappa shape index (κ2) is 14.0. The van der Waals surface area contributed by atoms with Gasteiger partial charge < -0.3 is 20.7 Å². The molecule has 0 aliphatic carbocycles. The van der Waals surface area contributed by atoms with Gasteiger partial charge in [-0.1, -0.05) is 13.0 Å². The van der Waals surface area contributed by atoms with Gasteiger partial charge in [-0.15, -0.1) is 0 Å². The van der Waals surface area contributed by atoms with Crippen molar-refractivity contribution in [3.63, 3.8) is 0 Å². The summed E-state index contributed by atoms with van der Waals surface area (Å²) in [5.41, 5.74) is 3.30. The lowest BCUT2D eigenvalue weighted by molar-refractivity contribution is 0.0962. The first kappa shape index (κ1) is 26.9. The lowest BCUT2D eigenvalue weighted by Crippen LogP contribution is -2.18. The van der Waals surface area contributed by atoms with Crippen LogP contribution in [0.3, 0.4) is 0 Å². The quantitative estimate of drug-likeness (QED) is 0.409. The number of pyridine rings is 1. The summed E-state index contributed by atoms with van der Waals surface area (Å²) in [6.45, 7) is 5.59. The first-order valence-electron chi connectivity index (χ1n) is 11.0. The maximum atomic E-state index is 11.9. The fraction of sp³-hybridized carbons (Fsp3) is 0.360. The number of methoxy groups -OCH3 is 1. The number of thioether (sulfide) groups is 1. The summed E-state index contributed by atoms with van der Waals surface area (Å²) in [5.74, 6) is 2.24. The zero-order valence-electron chi connectivity index (χ0n) is 20.7. The van der Waals surface area contributed by atoms with E-state index >= 15 is 0 Å². The molecule has 1 atom stereocenters. The van der Waals surface area contributed by atoms with E-state index in [-0.39, 0.29) is 11.8 Å². The van der Waals surface area contributed by atoms with Gasteiger partial charge in [-0.3, -0.25) is 4.79 Å². The summed E-state index contributed by atoms with van der Waals surface area (Å²) < 4.78 is 5.51. The van der Waals surface area contributed by atoms with Crippen LogP contribution < -0.4 is 20.7 Å². The minimum absolute atomic E-state index is 0.133. The average molecular weight is 483 g/mol. The molecule has 2 heterocycles. The number of benzene rings is 1. The predicted molar refractivity (Wildman–Crippen MR) is 142 cm³/mol. The highest BCUT2D eigenvalue weighted by molar-refractivity contribution is 7.97. The Balaban J connectivity index is 0.00000129. The smallest absolute Gasteiger partial charge is 0.251 e. The first-order chi connectivity index (χ1) is 16.5. The third-order valence-electron chi connectivity index (χ3n) is 4.93. The normalized spacial score (nSPS) is 11.0. The predicted octanol–water partition coefficient (Wildman–Crippen LogP) is 4.53. The van der Waals surface area contributed by atoms with Crippen molar-refractivity contribution in [3.8, 4) is 17.0 Å². The number of ether oxygens (including phenoxy) is 1. The van der Waals surface area contributed by atoms with Gasteiger partial charge in [0.1, 0.15) is 23.7 Å². The van der Waals surface area contributed by atoms with Gasteiger partial charge in [-0.25, -0.2) is 15.0 Å². The van der Waals surface area contributed by atoms with Crippen LogP contribution in [0.2, 0.25) is 0 Å². The van der Waals surface area contributed by atoms with Crippen LogP contribution in [0, 0.1) is 0 Å². The minimum Gasteiger partial charge on any atom is -0.496 e. The fourth-order valence-corrected chi connectivity index (χ4v) is 3.21. The highest BCUT2D eigenvalue weighted by Gasteiger charge is 2.15. The van der Waals surface area contributed by atoms with Crippen LogP contribution in [-0.4, -0.2) is 60.6 Å². The number of hydrogen-bond donors (Lipinski definition) is 3. The lowest BCUT2D eigenvalue weighted by Gasteiger charge is -2.17. The number of rotatable bonds is 9. The highest BCUT2D eigenvalue weighted by atomic mass is 32.2. The van der Waals surface area contributed by atoms with E-state index in [1.54, 1.807) is 50.6 Å². The zero-order valence-corrected chi connectivity index (χ0v) is 21.5. The minimum atomic E-state index is -0.142. The summed E-state index contributed by atoms with van der Waals surface area (Å²) in [5, 5.41) is 9.17. The van der Waals surface area contributed by atoms with Crippen LogP contribution in [0.25, 0.3) is 11.3 Å². The number of carbonyl (C=O) groups excluding carboxylic acids is 1. The summed E-state index contributed by atoms with van der Waals surface area (Å²) >= 11 is 1.75. The van der Waals surface area contributed by atoms with Crippen LogP contribution in [0.4, 0.5) is 11.6 Å². The molecule has 34 heavy (non-hydrogen) atoms. The third-order valence-corrected chi connectivity index (χ3v) is 4.93. The van der Waals surface area contributed by atoms with Gasteiger partial charge >= 0.3 is 0 Å². The summed E-state index contributed by atoms with van der Waals surface area (Å²) in [7, 11) is 3.22. The molecule has 0 saturated heterocycles. The van der Waals surface area contributed by atoms with E-state index in [0.717, 1.165) is 35.0 Å². The van der Waals surface area contributed by atoms with Crippen molar-refractivity contribution in [1.29, 1.82) is 0 Å². The third kappa shape index (κ3) is 7.62. The van der Waals surface area contributed by atoms with Gasteiger partial charge in [0, 0.05) is 49.4 Å². The van der Waals surface area contributed by atoms with Gasteiger partial charge in [-0.05, 0) is 49.3 Å². The number of nitrogens with zero attached hydrogens (tertiary/aromatic N) is 3. The average Bonchev–Trinajstić information content (AvgIpc) is 2.87. The van der Waals surface area contributed by atoms with E-state index in [1.165, 1.54) is 0 Å². The van der Waals surface area contributed by atoms with Crippen molar-refractivity contribution in [2.24, 2.45) is 0 Å². The molecule has 0 aliphatic rings. The van der Waals surface area contributed by atoms with E-state index in [9.17, 15) is 4.79 Å². The van der Waals surface area contributed by atoms with Crippen LogP contribution >= 0.6 is 11.8 Å².